The third-order valence-corrected chi connectivity index (χ3v) is 3.83. The van der Waals surface area contributed by atoms with Crippen LogP contribution in [0.25, 0.3) is 0 Å². The fourth-order valence-electron chi connectivity index (χ4n) is 2.67. The molecule has 0 aromatic heterocycles. The number of rotatable bonds is 2. The molecular formula is C20H34. The highest BCUT2D eigenvalue weighted by Gasteiger charge is 2.27. The number of hydrogen-bond acceptors (Lipinski definition) is 0. The van der Waals surface area contributed by atoms with Crippen LogP contribution in [0.3, 0.4) is 0 Å². The van der Waals surface area contributed by atoms with Crippen LogP contribution in [0.15, 0.2) is 12.1 Å². The minimum atomic E-state index is -0.677. The lowest BCUT2D eigenvalue weighted by Crippen LogP contribution is -2.21. The molecular weight excluding hydrogens is 240 g/mol. The number of benzene rings is 1. The quantitative estimate of drug-likeness (QED) is 0.576. The molecule has 114 valence electrons. The summed E-state index contributed by atoms with van der Waals surface area (Å²) in [6.07, 6.45) is 0. The summed E-state index contributed by atoms with van der Waals surface area (Å²) in [5.41, 5.74) is 4.42. The van der Waals surface area contributed by atoms with Gasteiger partial charge >= 0.3 is 0 Å². The van der Waals surface area contributed by atoms with Gasteiger partial charge in [0.25, 0.3) is 0 Å². The van der Waals surface area contributed by atoms with Crippen LogP contribution in [0.4, 0.5) is 0 Å². The molecule has 0 N–H and O–H groups in total. The van der Waals surface area contributed by atoms with E-state index in [0.717, 1.165) is 11.1 Å². The Labute approximate surface area is 129 Å². The molecule has 0 aliphatic heterocycles. The minimum Gasteiger partial charge on any atom is -0.0587 e. The van der Waals surface area contributed by atoms with Crippen molar-refractivity contribution in [1.82, 2.24) is 0 Å². The third kappa shape index (κ3) is 3.65. The lowest BCUT2D eigenvalue weighted by molar-refractivity contribution is 0.552. The first-order valence-electron chi connectivity index (χ1n) is 8.65. The topological polar surface area (TPSA) is 0 Å². The van der Waals surface area contributed by atoms with E-state index in [2.05, 4.69) is 53.7 Å². The van der Waals surface area contributed by atoms with Crippen LogP contribution in [-0.2, 0) is 10.8 Å². The van der Waals surface area contributed by atoms with Crippen LogP contribution < -0.4 is 0 Å². The summed E-state index contributed by atoms with van der Waals surface area (Å²) in [4.78, 5) is 0. The maximum atomic E-state index is 8.63. The van der Waals surface area contributed by atoms with Crippen LogP contribution in [-0.4, -0.2) is 0 Å². The highest BCUT2D eigenvalue weighted by Crippen LogP contribution is 2.39. The van der Waals surface area contributed by atoms with E-state index in [-0.39, 0.29) is 10.8 Å². The van der Waals surface area contributed by atoms with Crippen molar-refractivity contribution in [3.63, 3.8) is 0 Å². The second-order valence-electron chi connectivity index (χ2n) is 8.45. The molecule has 0 nitrogen and oxygen atoms in total. The molecule has 0 unspecified atom stereocenters. The van der Waals surface area contributed by atoms with Crippen LogP contribution in [0, 0.1) is 0 Å². The zero-order valence-corrected chi connectivity index (χ0v) is 15.2. The summed E-state index contributed by atoms with van der Waals surface area (Å²) in [6.45, 7) is 20.9. The molecule has 1 rings (SSSR count). The first-order valence-corrected chi connectivity index (χ1v) is 7.65. The van der Waals surface area contributed by atoms with Gasteiger partial charge in [-0.15, -0.1) is 0 Å². The molecule has 0 heterocycles. The Morgan fingerprint density at radius 3 is 1.30 bits per heavy atom. The molecule has 0 atom stereocenters. The van der Waals surface area contributed by atoms with Crippen molar-refractivity contribution in [3.05, 3.63) is 34.4 Å². The van der Waals surface area contributed by atoms with Crippen LogP contribution in [0.5, 0.6) is 0 Å². The van der Waals surface area contributed by atoms with E-state index in [4.69, 9.17) is 2.74 Å². The molecule has 0 spiro atoms. The monoisotopic (exact) mass is 276 g/mol. The van der Waals surface area contributed by atoms with Gasteiger partial charge in [0.2, 0.25) is 0 Å². The summed E-state index contributed by atoms with van der Waals surface area (Å²) in [5, 5.41) is 0. The second kappa shape index (κ2) is 5.54. The van der Waals surface area contributed by atoms with E-state index in [1.165, 1.54) is 11.1 Å². The smallest absolute Gasteiger partial charge is 0.0347 e. The van der Waals surface area contributed by atoms with Gasteiger partial charge in [-0.05, 0) is 44.9 Å². The maximum Gasteiger partial charge on any atom is 0.0347 e. The molecule has 0 aliphatic rings. The van der Waals surface area contributed by atoms with Crippen molar-refractivity contribution in [1.29, 1.82) is 0 Å². The van der Waals surface area contributed by atoms with E-state index in [9.17, 15) is 0 Å². The van der Waals surface area contributed by atoms with E-state index in [1.807, 2.05) is 27.7 Å². The molecule has 0 fully saturated rings. The summed E-state index contributed by atoms with van der Waals surface area (Å²) < 4.78 is 17.3. The van der Waals surface area contributed by atoms with Gasteiger partial charge in [-0.1, -0.05) is 81.4 Å². The molecule has 0 saturated carbocycles. The fourth-order valence-corrected chi connectivity index (χ4v) is 2.67. The Hall–Kier alpha value is -0.780. The van der Waals surface area contributed by atoms with Gasteiger partial charge in [0.05, 0.1) is 0 Å². The van der Waals surface area contributed by atoms with Gasteiger partial charge in [0, 0.05) is 2.74 Å². The predicted octanol–water partition coefficient (Wildman–Crippen LogP) is 6.53. The van der Waals surface area contributed by atoms with Crippen molar-refractivity contribution in [3.8, 4) is 0 Å². The zero-order chi connectivity index (χ0) is 17.7. The zero-order valence-electron chi connectivity index (χ0n) is 17.2. The van der Waals surface area contributed by atoms with Gasteiger partial charge in [0.1, 0.15) is 0 Å². The van der Waals surface area contributed by atoms with E-state index < -0.39 is 11.8 Å². The summed E-state index contributed by atoms with van der Waals surface area (Å²) in [7, 11) is 0. The fraction of sp³-hybridized carbons (Fsp3) is 0.700. The Morgan fingerprint density at radius 1 is 0.750 bits per heavy atom. The summed E-state index contributed by atoms with van der Waals surface area (Å²) >= 11 is 0. The number of hydrogen-bond donors (Lipinski definition) is 0. The molecule has 0 aliphatic carbocycles. The maximum absolute atomic E-state index is 8.63. The summed E-state index contributed by atoms with van der Waals surface area (Å²) in [5.74, 6) is -1.35. The predicted molar refractivity (Wildman–Crippen MR) is 92.0 cm³/mol. The summed E-state index contributed by atoms with van der Waals surface area (Å²) in [6, 6.07) is 4.39. The Kier molecular flexibility index (Phi) is 3.93. The SMILES string of the molecule is [2H]C(C)(C)c1cc(C(C)(C)C)cc(C([2H])(C)C)c1C(C)(C)C. The molecule has 1 aromatic rings. The highest BCUT2D eigenvalue weighted by atomic mass is 14.3. The van der Waals surface area contributed by atoms with E-state index in [0.29, 0.717) is 0 Å². The Bertz CT molecular complexity index is 506. The molecule has 0 saturated heterocycles. The second-order valence-corrected chi connectivity index (χ2v) is 8.45. The molecule has 1 aromatic carbocycles. The van der Waals surface area contributed by atoms with Crippen LogP contribution in [0.2, 0.25) is 0 Å². The lowest BCUT2D eigenvalue weighted by atomic mass is 9.72. The minimum absolute atomic E-state index is 0.0103. The van der Waals surface area contributed by atoms with Crippen LogP contribution in [0.1, 0.15) is 106 Å². The van der Waals surface area contributed by atoms with Crippen molar-refractivity contribution in [2.24, 2.45) is 0 Å². The van der Waals surface area contributed by atoms with Crippen LogP contribution >= 0.6 is 0 Å². The van der Waals surface area contributed by atoms with Gasteiger partial charge < -0.3 is 0 Å². The van der Waals surface area contributed by atoms with E-state index >= 15 is 0 Å². The molecule has 0 radical (unpaired) electrons. The average molecular weight is 277 g/mol. The van der Waals surface area contributed by atoms with Gasteiger partial charge in [-0.25, -0.2) is 0 Å². The molecule has 0 amide bonds. The molecule has 20 heavy (non-hydrogen) atoms. The van der Waals surface area contributed by atoms with Gasteiger partial charge in [-0.3, -0.25) is 0 Å². The average Bonchev–Trinajstić information content (AvgIpc) is 2.22. The Morgan fingerprint density at radius 2 is 1.10 bits per heavy atom. The highest BCUT2D eigenvalue weighted by molar-refractivity contribution is 5.47. The normalized spacial score (nSPS) is 15.9. The lowest BCUT2D eigenvalue weighted by Gasteiger charge is -2.32. The molecule has 0 heteroatoms. The molecule has 0 bridgehead atoms. The van der Waals surface area contributed by atoms with E-state index in [1.54, 1.807) is 0 Å². The van der Waals surface area contributed by atoms with Crippen molar-refractivity contribution in [2.75, 3.05) is 0 Å². The first-order chi connectivity index (χ1) is 9.45. The van der Waals surface area contributed by atoms with Crippen molar-refractivity contribution in [2.45, 2.75) is 91.9 Å². The largest absolute Gasteiger partial charge is 0.0587 e. The van der Waals surface area contributed by atoms with Gasteiger partial charge in [0.15, 0.2) is 0 Å². The van der Waals surface area contributed by atoms with Crippen molar-refractivity contribution < 1.29 is 2.74 Å². The third-order valence-electron chi connectivity index (χ3n) is 3.83. The van der Waals surface area contributed by atoms with Crippen molar-refractivity contribution >= 4 is 0 Å². The standard InChI is InChI=1S/C20H34/c1-13(2)16-11-15(19(5,6)7)12-17(14(3)4)18(16)20(8,9)10/h11-14H,1-10H3/i13D,14D. The Balaban J connectivity index is 3.96. The van der Waals surface area contributed by atoms with Gasteiger partial charge in [-0.2, -0.15) is 0 Å². The first kappa shape index (κ1) is 14.2.